The van der Waals surface area contributed by atoms with Crippen molar-refractivity contribution in [2.75, 3.05) is 54.4 Å². The summed E-state index contributed by atoms with van der Waals surface area (Å²) in [6.45, 7) is 3.50. The Morgan fingerprint density at radius 2 is 1.74 bits per heavy atom. The van der Waals surface area contributed by atoms with Crippen molar-refractivity contribution in [2.45, 2.75) is 19.1 Å². The number of alkyl halides is 3. The zero-order valence-electron chi connectivity index (χ0n) is 20.2. The van der Waals surface area contributed by atoms with Crippen molar-refractivity contribution in [3.63, 3.8) is 0 Å². The Bertz CT molecular complexity index is 1330. The predicted octanol–water partition coefficient (Wildman–Crippen LogP) is 4.86. The first-order chi connectivity index (χ1) is 18.1. The minimum Gasteiger partial charge on any atom is -0.486 e. The van der Waals surface area contributed by atoms with Crippen LogP contribution in [0.1, 0.15) is 6.92 Å². The molecule has 2 aliphatic heterocycles. The molecular formula is C25H24F6N6O. The van der Waals surface area contributed by atoms with Gasteiger partial charge in [0.2, 0.25) is 5.95 Å². The van der Waals surface area contributed by atoms with Gasteiger partial charge in [-0.2, -0.15) is 13.2 Å². The minimum absolute atomic E-state index is 0.102. The number of benzene rings is 2. The molecule has 202 valence electrons. The van der Waals surface area contributed by atoms with E-state index >= 15 is 0 Å². The fourth-order valence-electron chi connectivity index (χ4n) is 4.52. The number of ether oxygens (including phenoxy) is 1. The van der Waals surface area contributed by atoms with Crippen LogP contribution in [0.2, 0.25) is 0 Å². The molecule has 3 aromatic rings. The normalized spacial score (nSPS) is 16.6. The third-order valence-electron chi connectivity index (χ3n) is 6.53. The van der Waals surface area contributed by atoms with Crippen molar-refractivity contribution in [2.24, 2.45) is 0 Å². The number of anilines is 4. The Morgan fingerprint density at radius 3 is 2.45 bits per heavy atom. The van der Waals surface area contributed by atoms with E-state index < -0.39 is 29.7 Å². The molecular weight excluding hydrogens is 514 g/mol. The molecule has 1 unspecified atom stereocenters. The highest BCUT2D eigenvalue weighted by Gasteiger charge is 2.42. The van der Waals surface area contributed by atoms with Gasteiger partial charge in [-0.15, -0.1) is 0 Å². The molecule has 2 N–H and O–H groups in total. The number of piperazine rings is 1. The molecule has 3 heterocycles. The molecule has 0 amide bonds. The highest BCUT2D eigenvalue weighted by atomic mass is 19.4. The third kappa shape index (κ3) is 5.15. The van der Waals surface area contributed by atoms with Crippen LogP contribution in [0.25, 0.3) is 11.3 Å². The fraction of sp³-hybridized carbons (Fsp3) is 0.360. The summed E-state index contributed by atoms with van der Waals surface area (Å²) in [6.07, 6.45) is -3.73. The van der Waals surface area contributed by atoms with Gasteiger partial charge in [0, 0.05) is 37.4 Å². The highest BCUT2D eigenvalue weighted by Crippen LogP contribution is 2.41. The van der Waals surface area contributed by atoms with Crippen LogP contribution in [0.4, 0.5) is 49.4 Å². The topological polar surface area (TPSA) is 65.6 Å². The zero-order valence-corrected chi connectivity index (χ0v) is 20.2. The van der Waals surface area contributed by atoms with E-state index in [1.807, 2.05) is 4.90 Å². The molecule has 2 aliphatic rings. The van der Waals surface area contributed by atoms with E-state index in [0.29, 0.717) is 24.5 Å². The molecule has 7 nitrogen and oxygen atoms in total. The van der Waals surface area contributed by atoms with Crippen molar-refractivity contribution >= 4 is 23.0 Å². The Morgan fingerprint density at radius 1 is 0.974 bits per heavy atom. The van der Waals surface area contributed by atoms with E-state index in [0.717, 1.165) is 37.2 Å². The summed E-state index contributed by atoms with van der Waals surface area (Å²) in [6, 6.07) is 4.72. The van der Waals surface area contributed by atoms with E-state index in [1.165, 1.54) is 12.1 Å². The SMILES string of the molecule is CC(N1CCOc2c(F)cc(-c3nc(Nc4ccc(N5CCNCC5)c(F)c4)ncc3F)cc21)C(F)(F)F. The van der Waals surface area contributed by atoms with E-state index in [9.17, 15) is 26.3 Å². The first-order valence-corrected chi connectivity index (χ1v) is 12.0. The number of nitrogens with one attached hydrogen (secondary N) is 2. The Kier molecular flexibility index (Phi) is 6.95. The highest BCUT2D eigenvalue weighted by molar-refractivity contribution is 5.73. The van der Waals surface area contributed by atoms with Gasteiger partial charge in [-0.25, -0.2) is 23.1 Å². The second-order valence-electron chi connectivity index (χ2n) is 8.98. The molecule has 1 atom stereocenters. The van der Waals surface area contributed by atoms with Gasteiger partial charge in [0.1, 0.15) is 24.2 Å². The molecule has 1 fully saturated rings. The smallest absolute Gasteiger partial charge is 0.408 e. The largest absolute Gasteiger partial charge is 0.486 e. The molecule has 0 spiro atoms. The lowest BCUT2D eigenvalue weighted by atomic mass is 10.1. The van der Waals surface area contributed by atoms with Gasteiger partial charge in [0.05, 0.1) is 24.1 Å². The molecule has 2 aromatic carbocycles. The van der Waals surface area contributed by atoms with Crippen LogP contribution < -0.4 is 25.2 Å². The van der Waals surface area contributed by atoms with Crippen molar-refractivity contribution in [1.82, 2.24) is 15.3 Å². The van der Waals surface area contributed by atoms with Gasteiger partial charge in [-0.3, -0.25) is 0 Å². The number of rotatable bonds is 5. The number of nitrogens with zero attached hydrogens (tertiary/aromatic N) is 4. The van der Waals surface area contributed by atoms with E-state index in [4.69, 9.17) is 4.74 Å². The van der Waals surface area contributed by atoms with Crippen LogP contribution >= 0.6 is 0 Å². The predicted molar refractivity (Wildman–Crippen MR) is 131 cm³/mol. The lowest BCUT2D eigenvalue weighted by molar-refractivity contribution is -0.145. The van der Waals surface area contributed by atoms with Crippen LogP contribution in [-0.4, -0.2) is 61.5 Å². The molecule has 13 heteroatoms. The van der Waals surface area contributed by atoms with Crippen LogP contribution in [0.3, 0.4) is 0 Å². The van der Waals surface area contributed by atoms with E-state index in [-0.39, 0.29) is 41.8 Å². The quantitative estimate of drug-likeness (QED) is 0.450. The van der Waals surface area contributed by atoms with Crippen LogP contribution in [0.5, 0.6) is 5.75 Å². The van der Waals surface area contributed by atoms with Gasteiger partial charge < -0.3 is 25.2 Å². The van der Waals surface area contributed by atoms with Crippen molar-refractivity contribution in [3.05, 3.63) is 54.0 Å². The summed E-state index contributed by atoms with van der Waals surface area (Å²) in [5.41, 5.74) is 0.145. The van der Waals surface area contributed by atoms with Crippen LogP contribution in [0, 0.1) is 17.5 Å². The fourth-order valence-corrected chi connectivity index (χ4v) is 4.52. The summed E-state index contributed by atoms with van der Waals surface area (Å²) in [5, 5.41) is 6.00. The number of hydrogen-bond donors (Lipinski definition) is 2. The van der Waals surface area contributed by atoms with E-state index in [1.54, 1.807) is 12.1 Å². The Balaban J connectivity index is 1.44. The lowest BCUT2D eigenvalue weighted by Gasteiger charge is -2.37. The minimum atomic E-state index is -4.58. The molecule has 0 saturated carbocycles. The number of hydrogen-bond acceptors (Lipinski definition) is 7. The maximum Gasteiger partial charge on any atom is 0.408 e. The molecule has 0 bridgehead atoms. The second-order valence-corrected chi connectivity index (χ2v) is 8.98. The van der Waals surface area contributed by atoms with Crippen molar-refractivity contribution in [3.8, 4) is 17.0 Å². The van der Waals surface area contributed by atoms with Crippen molar-refractivity contribution < 1.29 is 31.1 Å². The Hall–Kier alpha value is -3.74. The molecule has 1 saturated heterocycles. The summed E-state index contributed by atoms with van der Waals surface area (Å²) in [4.78, 5) is 10.9. The first kappa shape index (κ1) is 25.9. The maximum absolute atomic E-state index is 14.9. The van der Waals surface area contributed by atoms with Gasteiger partial charge in [0.15, 0.2) is 17.4 Å². The first-order valence-electron chi connectivity index (χ1n) is 12.0. The monoisotopic (exact) mass is 538 g/mol. The number of halogens is 6. The average molecular weight is 538 g/mol. The molecule has 5 rings (SSSR count). The van der Waals surface area contributed by atoms with Gasteiger partial charge in [-0.1, -0.05) is 0 Å². The second kappa shape index (κ2) is 10.2. The van der Waals surface area contributed by atoms with Crippen molar-refractivity contribution in [1.29, 1.82) is 0 Å². The van der Waals surface area contributed by atoms with Gasteiger partial charge in [-0.05, 0) is 37.3 Å². The molecule has 1 aromatic heterocycles. The van der Waals surface area contributed by atoms with Crippen LogP contribution in [-0.2, 0) is 0 Å². The summed E-state index contributed by atoms with van der Waals surface area (Å²) >= 11 is 0. The third-order valence-corrected chi connectivity index (χ3v) is 6.53. The number of aromatic nitrogens is 2. The van der Waals surface area contributed by atoms with E-state index in [2.05, 4.69) is 20.6 Å². The van der Waals surface area contributed by atoms with Crippen LogP contribution in [0.15, 0.2) is 36.5 Å². The molecule has 0 aliphatic carbocycles. The average Bonchev–Trinajstić information content (AvgIpc) is 2.89. The Labute approximate surface area is 214 Å². The lowest BCUT2D eigenvalue weighted by Crippen LogP contribution is -2.47. The molecule has 0 radical (unpaired) electrons. The number of fused-ring (bicyclic) bond motifs is 1. The van der Waals surface area contributed by atoms with Gasteiger partial charge in [0.25, 0.3) is 0 Å². The summed E-state index contributed by atoms with van der Waals surface area (Å²) in [5.74, 6) is -2.78. The maximum atomic E-state index is 14.9. The molecule has 38 heavy (non-hydrogen) atoms. The van der Waals surface area contributed by atoms with Gasteiger partial charge >= 0.3 is 6.18 Å². The summed E-state index contributed by atoms with van der Waals surface area (Å²) in [7, 11) is 0. The standard InChI is InChI=1S/C25H24F6N6O/c1-14(25(29,30)31)37-8-9-38-23-18(27)10-15(11-21(23)37)22-19(28)13-33-24(35-22)34-16-2-3-20(17(26)12-16)36-6-4-32-5-7-36/h2-3,10-14,32H,4-9H2,1H3,(H,33,34,35). The zero-order chi connectivity index (χ0) is 27.0. The summed E-state index contributed by atoms with van der Waals surface area (Å²) < 4.78 is 90.0.